The Hall–Kier alpha value is -2.12. The van der Waals surface area contributed by atoms with E-state index in [4.69, 9.17) is 0 Å². The van der Waals surface area contributed by atoms with Gasteiger partial charge < -0.3 is 4.90 Å². The first-order valence-corrected chi connectivity index (χ1v) is 8.55. The van der Waals surface area contributed by atoms with Gasteiger partial charge in [-0.2, -0.15) is 13.2 Å². The van der Waals surface area contributed by atoms with E-state index in [0.717, 1.165) is 31.5 Å². The van der Waals surface area contributed by atoms with Gasteiger partial charge in [-0.3, -0.25) is 9.20 Å². The predicted molar refractivity (Wildman–Crippen MR) is 83.8 cm³/mol. The molecular formula is C17H19F3N4O. The first kappa shape index (κ1) is 16.4. The minimum absolute atomic E-state index is 0.0924. The molecule has 5 nitrogen and oxygen atoms in total. The van der Waals surface area contributed by atoms with Crippen LogP contribution in [0, 0.1) is 11.8 Å². The summed E-state index contributed by atoms with van der Waals surface area (Å²) in [4.78, 5) is 14.3. The van der Waals surface area contributed by atoms with E-state index >= 15 is 0 Å². The summed E-state index contributed by atoms with van der Waals surface area (Å²) < 4.78 is 40.4. The maximum Gasteiger partial charge on any atom is 0.417 e. The smallest absolute Gasteiger partial charge is 0.342 e. The molecule has 0 bridgehead atoms. The second kappa shape index (κ2) is 5.71. The Bertz CT molecular complexity index is 816. The fourth-order valence-corrected chi connectivity index (χ4v) is 3.64. The Morgan fingerprint density at radius 3 is 2.72 bits per heavy atom. The van der Waals surface area contributed by atoms with E-state index in [9.17, 15) is 18.0 Å². The Labute approximate surface area is 142 Å². The number of carbonyl (C=O) groups is 1. The Morgan fingerprint density at radius 2 is 2.04 bits per heavy atom. The second-order valence-electron chi connectivity index (χ2n) is 7.14. The van der Waals surface area contributed by atoms with Gasteiger partial charge in [0.25, 0.3) is 0 Å². The van der Waals surface area contributed by atoms with E-state index in [1.54, 1.807) is 0 Å². The molecule has 2 aromatic heterocycles. The maximum absolute atomic E-state index is 13.0. The van der Waals surface area contributed by atoms with E-state index in [2.05, 4.69) is 17.1 Å². The Morgan fingerprint density at radius 1 is 1.28 bits per heavy atom. The average molecular weight is 352 g/mol. The van der Waals surface area contributed by atoms with E-state index in [1.165, 1.54) is 10.5 Å². The molecule has 0 spiro atoms. The van der Waals surface area contributed by atoms with Crippen LogP contribution in [0.1, 0.15) is 43.5 Å². The highest BCUT2D eigenvalue weighted by Crippen LogP contribution is 2.40. The van der Waals surface area contributed by atoms with Gasteiger partial charge >= 0.3 is 6.18 Å². The number of alkyl halides is 3. The predicted octanol–water partition coefficient (Wildman–Crippen LogP) is 3.11. The summed E-state index contributed by atoms with van der Waals surface area (Å²) in [6, 6.07) is 2.34. The van der Waals surface area contributed by atoms with Crippen molar-refractivity contribution in [3.8, 4) is 0 Å². The summed E-state index contributed by atoms with van der Waals surface area (Å²) in [7, 11) is 0. The van der Waals surface area contributed by atoms with Gasteiger partial charge in [0.15, 0.2) is 5.65 Å². The number of hydrogen-bond donors (Lipinski definition) is 0. The van der Waals surface area contributed by atoms with Gasteiger partial charge in [-0.05, 0) is 37.3 Å². The normalized spacial score (nSPS) is 26.9. The van der Waals surface area contributed by atoms with Gasteiger partial charge in [0.2, 0.25) is 5.91 Å². The molecule has 1 aliphatic heterocycles. The summed E-state index contributed by atoms with van der Waals surface area (Å²) in [6.07, 6.45) is -0.809. The van der Waals surface area contributed by atoms with Crippen LogP contribution in [0.25, 0.3) is 5.65 Å². The van der Waals surface area contributed by atoms with Crippen LogP contribution in [-0.2, 0) is 11.0 Å². The molecule has 3 heterocycles. The van der Waals surface area contributed by atoms with E-state index in [0.29, 0.717) is 30.5 Å². The first-order chi connectivity index (χ1) is 11.8. The zero-order valence-electron chi connectivity index (χ0n) is 13.8. The third-order valence-corrected chi connectivity index (χ3v) is 5.28. The molecule has 3 atom stereocenters. The quantitative estimate of drug-likeness (QED) is 0.834. The molecule has 0 aromatic carbocycles. The van der Waals surface area contributed by atoms with Crippen LogP contribution in [0.2, 0.25) is 0 Å². The number of likely N-dealkylation sites (tertiary alicyclic amines) is 1. The van der Waals surface area contributed by atoms with Crippen molar-refractivity contribution in [2.24, 2.45) is 11.8 Å². The third-order valence-electron chi connectivity index (χ3n) is 5.28. The number of rotatable bonds is 2. The molecule has 1 saturated heterocycles. The zero-order chi connectivity index (χ0) is 17.8. The van der Waals surface area contributed by atoms with Crippen LogP contribution in [0.15, 0.2) is 18.3 Å². The van der Waals surface area contributed by atoms with Gasteiger partial charge in [-0.15, -0.1) is 10.2 Å². The van der Waals surface area contributed by atoms with Crippen LogP contribution in [0.4, 0.5) is 13.2 Å². The first-order valence-electron chi connectivity index (χ1n) is 8.55. The minimum atomic E-state index is -4.41. The lowest BCUT2D eigenvalue weighted by Crippen LogP contribution is -2.40. The van der Waals surface area contributed by atoms with Crippen molar-refractivity contribution in [1.82, 2.24) is 19.5 Å². The summed E-state index contributed by atoms with van der Waals surface area (Å²) in [5, 5.41) is 8.11. The topological polar surface area (TPSA) is 50.5 Å². The zero-order valence-corrected chi connectivity index (χ0v) is 13.8. The van der Waals surface area contributed by atoms with Crippen molar-refractivity contribution in [3.05, 3.63) is 29.7 Å². The summed E-state index contributed by atoms with van der Waals surface area (Å²) in [5.41, 5.74) is -0.334. The molecule has 1 saturated carbocycles. The highest BCUT2D eigenvalue weighted by Gasteiger charge is 2.42. The number of pyridine rings is 1. The van der Waals surface area contributed by atoms with Crippen molar-refractivity contribution in [2.75, 3.05) is 13.1 Å². The molecule has 2 aromatic rings. The largest absolute Gasteiger partial charge is 0.417 e. The fraction of sp³-hybridized carbons (Fsp3) is 0.588. The Balaban J connectivity index is 1.61. The summed E-state index contributed by atoms with van der Waals surface area (Å²) in [6.45, 7) is 3.27. The van der Waals surface area contributed by atoms with Crippen molar-refractivity contribution >= 4 is 11.6 Å². The lowest BCUT2D eigenvalue weighted by Gasteiger charge is -2.32. The number of nitrogens with zero attached hydrogens (tertiary/aromatic N) is 4. The summed E-state index contributed by atoms with van der Waals surface area (Å²) >= 11 is 0. The number of hydrogen-bond acceptors (Lipinski definition) is 3. The maximum atomic E-state index is 13.0. The van der Waals surface area contributed by atoms with Crippen molar-refractivity contribution in [2.45, 2.75) is 38.3 Å². The van der Waals surface area contributed by atoms with E-state index < -0.39 is 11.7 Å². The van der Waals surface area contributed by atoms with Crippen molar-refractivity contribution in [1.29, 1.82) is 0 Å². The number of fused-ring (bicyclic) bond motifs is 1. The van der Waals surface area contributed by atoms with Gasteiger partial charge in [0, 0.05) is 31.1 Å². The molecule has 3 unspecified atom stereocenters. The molecule has 2 fully saturated rings. The molecule has 1 aliphatic carbocycles. The lowest BCUT2D eigenvalue weighted by molar-refractivity contribution is -0.138. The van der Waals surface area contributed by atoms with E-state index in [1.807, 2.05) is 4.90 Å². The number of piperidine rings is 1. The lowest BCUT2D eigenvalue weighted by atomic mass is 9.96. The molecule has 8 heteroatoms. The number of amides is 1. The number of aromatic nitrogens is 3. The van der Waals surface area contributed by atoms with Gasteiger partial charge in [0.05, 0.1) is 5.56 Å². The third kappa shape index (κ3) is 2.98. The fourth-order valence-electron chi connectivity index (χ4n) is 3.64. The standard InChI is InChI=1S/C17H19F3N4O/c1-10-7-13(10)16(25)23-6-2-3-11(8-23)15-22-21-14-5-4-12(9-24(14)15)17(18,19)20/h4-5,9-11,13H,2-3,6-8H2,1H3. The monoisotopic (exact) mass is 352 g/mol. The van der Waals surface area contributed by atoms with Gasteiger partial charge in [0.1, 0.15) is 5.82 Å². The van der Waals surface area contributed by atoms with Crippen LogP contribution < -0.4 is 0 Å². The highest BCUT2D eigenvalue weighted by atomic mass is 19.4. The Kier molecular flexibility index (Phi) is 3.73. The van der Waals surface area contributed by atoms with Crippen molar-refractivity contribution < 1.29 is 18.0 Å². The molecule has 0 N–H and O–H groups in total. The highest BCUT2D eigenvalue weighted by molar-refractivity contribution is 5.81. The molecule has 2 aliphatic rings. The number of carbonyl (C=O) groups excluding carboxylic acids is 1. The van der Waals surface area contributed by atoms with E-state index in [-0.39, 0.29) is 17.7 Å². The van der Waals surface area contributed by atoms with Crippen LogP contribution in [-0.4, -0.2) is 38.5 Å². The molecular weight excluding hydrogens is 333 g/mol. The van der Waals surface area contributed by atoms with Crippen LogP contribution in [0.3, 0.4) is 0 Å². The second-order valence-corrected chi connectivity index (χ2v) is 7.14. The average Bonchev–Trinajstić information content (AvgIpc) is 3.16. The minimum Gasteiger partial charge on any atom is -0.342 e. The molecule has 134 valence electrons. The van der Waals surface area contributed by atoms with Gasteiger partial charge in [-0.25, -0.2) is 0 Å². The molecule has 4 rings (SSSR count). The molecule has 25 heavy (non-hydrogen) atoms. The van der Waals surface area contributed by atoms with Crippen LogP contribution >= 0.6 is 0 Å². The molecule has 1 amide bonds. The summed E-state index contributed by atoms with van der Waals surface area (Å²) in [5.74, 6) is 1.14. The van der Waals surface area contributed by atoms with Crippen LogP contribution in [0.5, 0.6) is 0 Å². The molecule has 0 radical (unpaired) electrons. The SMILES string of the molecule is CC1CC1C(=O)N1CCCC(c2nnc3ccc(C(F)(F)F)cn23)C1. The van der Waals surface area contributed by atoms with Crippen molar-refractivity contribution in [3.63, 3.8) is 0 Å². The number of halogens is 3. The van der Waals surface area contributed by atoms with Gasteiger partial charge in [-0.1, -0.05) is 6.92 Å².